The van der Waals surface area contributed by atoms with Crippen molar-refractivity contribution in [2.75, 3.05) is 59.5 Å². The summed E-state index contributed by atoms with van der Waals surface area (Å²) in [7, 11) is -12.5. The van der Waals surface area contributed by atoms with Crippen LogP contribution >= 0.6 is 15.6 Å². The molecule has 9 aliphatic heterocycles. The quantitative estimate of drug-likeness (QED) is 0.0262. The van der Waals surface area contributed by atoms with E-state index in [-0.39, 0.29) is 0 Å². The normalized spacial score (nSPS) is 48.0. The number of rotatable bonds is 35. The third kappa shape index (κ3) is 22.1. The maximum absolute atomic E-state index is 13.3. The molecular weight excluding hydrogens is 1710 g/mol. The molecule has 0 aromatic rings. The highest BCUT2D eigenvalue weighted by Gasteiger charge is 2.66. The van der Waals surface area contributed by atoms with Crippen LogP contribution in [0.2, 0.25) is 0 Å². The van der Waals surface area contributed by atoms with Gasteiger partial charge in [-0.2, -0.15) is 0 Å². The number of carbonyl (C=O) groups is 2. The van der Waals surface area contributed by atoms with Crippen molar-refractivity contribution in [1.29, 1.82) is 0 Å². The van der Waals surface area contributed by atoms with Crippen LogP contribution in [-0.2, 0) is 108 Å². The highest BCUT2D eigenvalue weighted by atomic mass is 31.2. The predicted molar refractivity (Wildman–Crippen MR) is 355 cm³/mol. The molecule has 0 aliphatic carbocycles. The summed E-state index contributed by atoms with van der Waals surface area (Å²) in [6, 6.07) is -1.80. The molecule has 9 aliphatic rings. The Balaban J connectivity index is 1.13. The van der Waals surface area contributed by atoms with Crippen molar-refractivity contribution in [1.82, 2.24) is 0 Å². The molecule has 9 rings (SSSR count). The van der Waals surface area contributed by atoms with Crippen molar-refractivity contribution in [2.24, 2.45) is 5.73 Å². The molecule has 0 unspecified atom stereocenters. The second-order valence-electron chi connectivity index (χ2n) is 29.3. The number of ether oxygens (including phenoxy) is 17. The van der Waals surface area contributed by atoms with Crippen LogP contribution in [0.15, 0.2) is 0 Å². The molecule has 9 fully saturated rings. The number of aliphatic hydroxyl groups excluding tert-OH is 27. The Morgan fingerprint density at radius 2 is 0.733 bits per heavy atom. The van der Waals surface area contributed by atoms with Gasteiger partial charge in [0.1, 0.15) is 214 Å². The summed E-state index contributed by atoms with van der Waals surface area (Å²) < 4.78 is 134. The minimum atomic E-state index is -6.27. The van der Waals surface area contributed by atoms with Crippen molar-refractivity contribution >= 4 is 27.6 Å². The van der Waals surface area contributed by atoms with Gasteiger partial charge >= 0.3 is 27.6 Å². The van der Waals surface area contributed by atoms with Crippen molar-refractivity contribution in [3.8, 4) is 0 Å². The summed E-state index contributed by atoms with van der Waals surface area (Å²) in [6.07, 6.45) is -113. The number of phosphoric ester groups is 2. The van der Waals surface area contributed by atoms with E-state index >= 15 is 0 Å². The Labute approximate surface area is 672 Å². The molecule has 47 atom stereocenters. The lowest BCUT2D eigenvalue weighted by atomic mass is 9.89. The Hall–Kier alpha value is -2.68. The van der Waals surface area contributed by atoms with Gasteiger partial charge in [-0.3, -0.25) is 9.05 Å². The average Bonchev–Trinajstić information content (AvgIpc) is 0.745. The van der Waals surface area contributed by atoms with E-state index in [0.717, 1.165) is 0 Å². The van der Waals surface area contributed by atoms with E-state index in [1.54, 1.807) is 0 Å². The Kier molecular flexibility index (Phi) is 35.2. The zero-order valence-corrected chi connectivity index (χ0v) is 63.6. The molecule has 9 saturated heterocycles. The molecule has 58 nitrogen and oxygen atoms in total. The summed E-state index contributed by atoms with van der Waals surface area (Å²) in [6.45, 7) is -12.1. The largest absolute Gasteiger partial charge is 0.477 e. The topological polar surface area (TPSA) is 957 Å². The fourth-order valence-electron chi connectivity index (χ4n) is 14.7. The van der Waals surface area contributed by atoms with E-state index in [1.807, 2.05) is 0 Å². The van der Waals surface area contributed by atoms with E-state index in [9.17, 15) is 191 Å². The van der Waals surface area contributed by atoms with Gasteiger partial charge in [0.25, 0.3) is 11.6 Å². The third-order valence-electron chi connectivity index (χ3n) is 21.2. The second-order valence-corrected chi connectivity index (χ2v) is 31.7. The minimum absolute atomic E-state index is 1.02. The number of hydrogen-bond donors (Lipinski definition) is 35. The summed E-state index contributed by atoms with van der Waals surface area (Å²) >= 11 is 0. The van der Waals surface area contributed by atoms with Crippen LogP contribution < -0.4 is 5.73 Å². The summed E-state index contributed by atoms with van der Waals surface area (Å²) in [5.41, 5.74) is 6.09. The highest BCUT2D eigenvalue weighted by molar-refractivity contribution is 7.46. The van der Waals surface area contributed by atoms with Crippen LogP contribution in [0, 0.1) is 0 Å². The number of carboxylic acids is 2. The molecule has 0 bridgehead atoms. The van der Waals surface area contributed by atoms with E-state index in [2.05, 4.69) is 0 Å². The Bertz CT molecular complexity index is 3330. The van der Waals surface area contributed by atoms with Crippen LogP contribution in [0.25, 0.3) is 0 Å². The zero-order valence-electron chi connectivity index (χ0n) is 61.8. The molecule has 700 valence electrons. The van der Waals surface area contributed by atoms with E-state index in [0.29, 0.717) is 0 Å². The molecule has 0 aromatic heterocycles. The first-order valence-electron chi connectivity index (χ1n) is 36.5. The first-order valence-corrected chi connectivity index (χ1v) is 39.6. The van der Waals surface area contributed by atoms with Gasteiger partial charge in [0, 0.05) is 12.8 Å². The van der Waals surface area contributed by atoms with Gasteiger partial charge in [-0.25, -0.2) is 18.7 Å². The molecule has 60 heteroatoms. The first kappa shape index (κ1) is 101. The number of aliphatic carboxylic acids is 2. The SMILES string of the molecule is N[C@H]1[C@@H](O[C@H]2[C@@H](O[C@H]3[C@@H](O[C@@H]4[C@@H](O)[C@@H](O[C@@H]5[C@@H](O)[C@@H](O[C@@H]6[C@H](O)[C@@H](O[C@H]7[C@@H]([C@H](O)CO)O[C@@](O)(C(=O)O)C[C@H]7O[C@]7(C(=O)O)C[C@@H](O)[C@@H](O)[C@@H]([C@H](O)CO)O7)O[C@H]([C@@H](O)CO)[C@H]6OP(=O)(O)O)O[C@H]([C@@H](O)CO)[C@H]5OP(=O)(O)O)O[C@H](CO[C@H]5O[C@H](CO)[C@H](O)[C@H](O)[C@H]5O)[C@H]4O)O[C@H](CO)[C@@H](O)[C@@H]3O)O[C@H](CO)[C@@H](O)[C@@H]2O)O[C@H](CO)[C@@H](O)[C@@H]1O. The standard InChI is InChI=1S/C60H103NO57P2/c61-23-30(81)25(76)18(7-66)101-50(23)112-46-32(83)27(78)21(10-69)104-56(46)113-47-33(84)28(79)20(9-68)103-55(47)109-43-29(80)22(11-100-51-34(85)31(82)26(77)19(8-67)102-51)105-52(35(43)86)110-44-37(88)54(107-40(15(73)5-64)48(44)117-119(94,95)96)111-45-36(87)53(106-39(14(72)4-63)49(45)118-120(97,98)99)108-42-17(2-59(93,57(89)90)115-41(42)16(74)6-65)114-60(58(91)92)1-12(70)24(75)38(116-60)13(71)3-62/h12-56,62-88,93H,1-11,61H2,(H,89,90)(H,91,92)(H2,94,95,96)(H2,97,98,99)/t12-,13-,14+,15+,16-,17-,18-,19-,20-,21-,22-,23-,24-,25-,26+,27-,28-,29-,30-,31+,32+,33+,34-,35-,36+,37-,38-,39-,40-,41-,42-,43+,44-,45-,46-,47-,48-,49-,50-,51+,52-,53-,54-,55-,56-,59-,60-/m1/s1. The summed E-state index contributed by atoms with van der Waals surface area (Å²) in [5, 5.41) is 330. The average molecular weight is 1810 g/mol. The monoisotopic (exact) mass is 1810 g/mol. The van der Waals surface area contributed by atoms with Crippen LogP contribution in [0.4, 0.5) is 0 Å². The maximum Gasteiger partial charge on any atom is 0.470 e. The Morgan fingerprint density at radius 1 is 0.367 bits per heavy atom. The molecule has 0 saturated carbocycles. The summed E-state index contributed by atoms with van der Waals surface area (Å²) in [4.78, 5) is 67.9. The van der Waals surface area contributed by atoms with E-state index < -0.39 is 387 Å². The van der Waals surface area contributed by atoms with Gasteiger partial charge in [-0.15, -0.1) is 0 Å². The van der Waals surface area contributed by atoms with Gasteiger partial charge in [0.2, 0.25) is 0 Å². The van der Waals surface area contributed by atoms with Crippen molar-refractivity contribution < 1.29 is 281 Å². The van der Waals surface area contributed by atoms with Gasteiger partial charge in [0.05, 0.1) is 77.7 Å². The summed E-state index contributed by atoms with van der Waals surface area (Å²) in [5.74, 6) is -12.0. The molecule has 0 spiro atoms. The Morgan fingerprint density at radius 3 is 1.17 bits per heavy atom. The lowest BCUT2D eigenvalue weighted by Crippen LogP contribution is -2.70. The van der Waals surface area contributed by atoms with Crippen LogP contribution in [-0.4, -0.2) is 532 Å². The minimum Gasteiger partial charge on any atom is -0.477 e. The second kappa shape index (κ2) is 41.8. The predicted octanol–water partition coefficient (Wildman–Crippen LogP) is -22.0. The van der Waals surface area contributed by atoms with Crippen LogP contribution in [0.5, 0.6) is 0 Å². The van der Waals surface area contributed by atoms with E-state index in [1.165, 1.54) is 0 Å². The molecule has 9 heterocycles. The van der Waals surface area contributed by atoms with Gasteiger partial charge in [-0.1, -0.05) is 0 Å². The fraction of sp³-hybridized carbons (Fsp3) is 0.967. The lowest BCUT2D eigenvalue weighted by Gasteiger charge is -2.52. The number of phosphoric acid groups is 2. The molecule has 0 aromatic carbocycles. The smallest absolute Gasteiger partial charge is 0.470 e. The highest BCUT2D eigenvalue weighted by Crippen LogP contribution is 2.49. The lowest BCUT2D eigenvalue weighted by molar-refractivity contribution is -0.410. The number of carboxylic acid groups (broad SMARTS) is 2. The zero-order chi connectivity index (χ0) is 89.3. The van der Waals surface area contributed by atoms with Crippen LogP contribution in [0.1, 0.15) is 12.8 Å². The van der Waals surface area contributed by atoms with E-state index in [4.69, 9.17) is 95.3 Å². The van der Waals surface area contributed by atoms with Crippen molar-refractivity contribution in [3.05, 3.63) is 0 Å². The number of nitrogens with two attached hydrogens (primary N) is 1. The van der Waals surface area contributed by atoms with Gasteiger partial charge in [0.15, 0.2) is 44.0 Å². The van der Waals surface area contributed by atoms with Crippen molar-refractivity contribution in [3.63, 3.8) is 0 Å². The molecule has 0 amide bonds. The fourth-order valence-corrected chi connectivity index (χ4v) is 15.8. The molecular formula is C60H103NO57P2. The maximum atomic E-state index is 13.3. The molecule has 0 radical (unpaired) electrons. The molecule has 36 N–H and O–H groups in total. The van der Waals surface area contributed by atoms with Crippen molar-refractivity contribution in [2.45, 2.75) is 300 Å². The van der Waals surface area contributed by atoms with Gasteiger partial charge < -0.3 is 259 Å². The third-order valence-corrected chi connectivity index (χ3v) is 22.2. The first-order chi connectivity index (χ1) is 56.1. The van der Waals surface area contributed by atoms with Gasteiger partial charge in [-0.05, 0) is 0 Å². The molecule has 120 heavy (non-hydrogen) atoms. The number of aliphatic hydroxyl groups is 28. The number of hydrogen-bond acceptors (Lipinski definition) is 52. The van der Waals surface area contributed by atoms with Crippen LogP contribution in [0.3, 0.4) is 0 Å².